The Labute approximate surface area is 110 Å². The summed E-state index contributed by atoms with van der Waals surface area (Å²) in [6.45, 7) is 9.58. The molecule has 0 heterocycles. The monoisotopic (exact) mass is 252 g/mol. The van der Waals surface area contributed by atoms with Gasteiger partial charge in [0, 0.05) is 6.92 Å². The smallest absolute Gasteiger partial charge is 0.303 e. The number of rotatable bonds is 3. The summed E-state index contributed by atoms with van der Waals surface area (Å²) in [4.78, 5) is 10.8. The van der Waals surface area contributed by atoms with Crippen LogP contribution in [-0.4, -0.2) is 23.3 Å². The zero-order valence-corrected chi connectivity index (χ0v) is 12.0. The first kappa shape index (κ1) is 15.0. The molecule has 1 aliphatic rings. The fourth-order valence-electron chi connectivity index (χ4n) is 2.71. The molecular weight excluding hydrogens is 228 g/mol. The molecule has 3 heteroatoms. The molecule has 0 radical (unpaired) electrons. The van der Waals surface area contributed by atoms with Gasteiger partial charge >= 0.3 is 5.97 Å². The van der Waals surface area contributed by atoms with Crippen molar-refractivity contribution in [2.45, 2.75) is 59.7 Å². The third-order valence-corrected chi connectivity index (χ3v) is 3.36. The first-order valence-corrected chi connectivity index (χ1v) is 6.46. The summed E-state index contributed by atoms with van der Waals surface area (Å²) in [6.07, 6.45) is 4.97. The molecule has 0 saturated heterocycles. The van der Waals surface area contributed by atoms with Gasteiger partial charge in [-0.2, -0.15) is 0 Å². The Kier molecular flexibility index (Phi) is 4.74. The summed E-state index contributed by atoms with van der Waals surface area (Å²) in [6, 6.07) is 0. The largest absolute Gasteiger partial charge is 0.459 e. The highest BCUT2D eigenvalue weighted by Gasteiger charge is 2.31. The maximum absolute atomic E-state index is 10.8. The highest BCUT2D eigenvalue weighted by molar-refractivity contribution is 5.66. The minimum absolute atomic E-state index is 0.0335. The van der Waals surface area contributed by atoms with Crippen LogP contribution in [0.25, 0.3) is 0 Å². The van der Waals surface area contributed by atoms with Gasteiger partial charge in [0.05, 0.1) is 6.10 Å². The molecule has 102 valence electrons. The van der Waals surface area contributed by atoms with Crippen LogP contribution in [0.15, 0.2) is 23.3 Å². The van der Waals surface area contributed by atoms with Crippen molar-refractivity contribution in [3.05, 3.63) is 23.3 Å². The molecule has 2 atom stereocenters. The number of carbonyl (C=O) groups excluding carboxylic acids is 1. The summed E-state index contributed by atoms with van der Waals surface area (Å²) >= 11 is 0. The van der Waals surface area contributed by atoms with E-state index in [1.807, 2.05) is 19.1 Å². The standard InChI is InChI=1S/C15H24O3/c1-10-8-13(17)9-15(4,5)14(10)7-6-11(2)18-12(3)16/h6-7,11,13,17H,8-9H2,1-5H3. The van der Waals surface area contributed by atoms with Gasteiger partial charge in [0.2, 0.25) is 0 Å². The molecule has 1 aliphatic carbocycles. The quantitative estimate of drug-likeness (QED) is 0.785. The maximum Gasteiger partial charge on any atom is 0.303 e. The summed E-state index contributed by atoms with van der Waals surface area (Å²) in [7, 11) is 0. The Morgan fingerprint density at radius 1 is 1.56 bits per heavy atom. The fourth-order valence-corrected chi connectivity index (χ4v) is 2.71. The van der Waals surface area contributed by atoms with Gasteiger partial charge in [0.15, 0.2) is 0 Å². The van der Waals surface area contributed by atoms with Gasteiger partial charge in [-0.25, -0.2) is 0 Å². The second-order valence-corrected chi connectivity index (χ2v) is 5.81. The summed E-state index contributed by atoms with van der Waals surface area (Å²) in [5.41, 5.74) is 2.42. The topological polar surface area (TPSA) is 46.5 Å². The van der Waals surface area contributed by atoms with Gasteiger partial charge < -0.3 is 9.84 Å². The lowest BCUT2D eigenvalue weighted by molar-refractivity contribution is -0.143. The van der Waals surface area contributed by atoms with E-state index in [2.05, 4.69) is 20.8 Å². The first-order chi connectivity index (χ1) is 8.22. The molecule has 0 aromatic heterocycles. The Hall–Kier alpha value is -1.09. The number of esters is 1. The lowest BCUT2D eigenvalue weighted by Gasteiger charge is -2.35. The van der Waals surface area contributed by atoms with Gasteiger partial charge in [-0.05, 0) is 43.8 Å². The van der Waals surface area contributed by atoms with Gasteiger partial charge in [-0.3, -0.25) is 4.79 Å². The molecule has 0 spiro atoms. The molecular formula is C15H24O3. The van der Waals surface area contributed by atoms with Gasteiger partial charge in [0.1, 0.15) is 6.10 Å². The molecule has 0 amide bonds. The normalized spacial score (nSPS) is 25.3. The second-order valence-electron chi connectivity index (χ2n) is 5.81. The zero-order valence-electron chi connectivity index (χ0n) is 12.0. The Morgan fingerprint density at radius 2 is 2.17 bits per heavy atom. The van der Waals surface area contributed by atoms with E-state index < -0.39 is 0 Å². The van der Waals surface area contributed by atoms with Crippen LogP contribution in [0, 0.1) is 5.41 Å². The SMILES string of the molecule is CC(=O)OC(C)C=CC1=C(C)CC(O)CC1(C)C. The van der Waals surface area contributed by atoms with Gasteiger partial charge in [-0.15, -0.1) is 0 Å². The van der Waals surface area contributed by atoms with E-state index in [0.717, 1.165) is 12.8 Å². The lowest BCUT2D eigenvalue weighted by Crippen LogP contribution is -2.28. The number of ether oxygens (including phenoxy) is 1. The summed E-state index contributed by atoms with van der Waals surface area (Å²) in [5.74, 6) is -0.267. The number of allylic oxidation sites excluding steroid dienone is 2. The third-order valence-electron chi connectivity index (χ3n) is 3.36. The predicted molar refractivity (Wildman–Crippen MR) is 72.1 cm³/mol. The van der Waals surface area contributed by atoms with Crippen molar-refractivity contribution in [2.75, 3.05) is 0 Å². The Bertz CT molecular complexity index is 377. The maximum atomic E-state index is 10.8. The number of aliphatic hydroxyl groups excluding tert-OH is 1. The molecule has 0 saturated carbocycles. The summed E-state index contributed by atoms with van der Waals surface area (Å²) < 4.78 is 5.07. The van der Waals surface area contributed by atoms with Gasteiger partial charge in [-0.1, -0.05) is 25.5 Å². The molecule has 1 N–H and O–H groups in total. The van der Waals surface area contributed by atoms with E-state index >= 15 is 0 Å². The Balaban J connectivity index is 2.84. The molecule has 0 aromatic rings. The third kappa shape index (κ3) is 3.98. The molecule has 0 bridgehead atoms. The number of carbonyl (C=O) groups is 1. The van der Waals surface area contributed by atoms with E-state index in [4.69, 9.17) is 4.74 Å². The minimum atomic E-state index is -0.267. The highest BCUT2D eigenvalue weighted by Crippen LogP contribution is 2.40. The summed E-state index contributed by atoms with van der Waals surface area (Å²) in [5, 5.41) is 9.80. The van der Waals surface area contributed by atoms with E-state index in [1.165, 1.54) is 18.1 Å². The molecule has 18 heavy (non-hydrogen) atoms. The van der Waals surface area contributed by atoms with Crippen molar-refractivity contribution in [3.63, 3.8) is 0 Å². The van der Waals surface area contributed by atoms with Crippen LogP contribution in [0.5, 0.6) is 0 Å². The Morgan fingerprint density at radius 3 is 2.67 bits per heavy atom. The molecule has 0 aromatic carbocycles. The van der Waals surface area contributed by atoms with E-state index in [-0.39, 0.29) is 23.6 Å². The van der Waals surface area contributed by atoms with E-state index in [1.54, 1.807) is 0 Å². The van der Waals surface area contributed by atoms with Crippen molar-refractivity contribution in [1.29, 1.82) is 0 Å². The van der Waals surface area contributed by atoms with Crippen LogP contribution in [0.1, 0.15) is 47.5 Å². The average Bonchev–Trinajstić information content (AvgIpc) is 2.12. The minimum Gasteiger partial charge on any atom is -0.459 e. The predicted octanol–water partition coefficient (Wildman–Crippen LogP) is 2.99. The number of aliphatic hydroxyl groups is 1. The number of hydrogen-bond acceptors (Lipinski definition) is 3. The lowest BCUT2D eigenvalue weighted by atomic mass is 9.71. The fraction of sp³-hybridized carbons (Fsp3) is 0.667. The van der Waals surface area contributed by atoms with Crippen LogP contribution < -0.4 is 0 Å². The molecule has 1 rings (SSSR count). The molecule has 0 aliphatic heterocycles. The van der Waals surface area contributed by atoms with Crippen LogP contribution >= 0.6 is 0 Å². The van der Waals surface area contributed by atoms with Crippen molar-refractivity contribution in [1.82, 2.24) is 0 Å². The zero-order chi connectivity index (χ0) is 13.9. The first-order valence-electron chi connectivity index (χ1n) is 6.46. The van der Waals surface area contributed by atoms with Crippen molar-refractivity contribution in [3.8, 4) is 0 Å². The van der Waals surface area contributed by atoms with Crippen molar-refractivity contribution in [2.24, 2.45) is 5.41 Å². The van der Waals surface area contributed by atoms with Crippen LogP contribution in [0.3, 0.4) is 0 Å². The van der Waals surface area contributed by atoms with E-state index in [9.17, 15) is 9.90 Å². The van der Waals surface area contributed by atoms with Crippen LogP contribution in [-0.2, 0) is 9.53 Å². The van der Waals surface area contributed by atoms with Crippen LogP contribution in [0.2, 0.25) is 0 Å². The van der Waals surface area contributed by atoms with E-state index in [0.29, 0.717) is 0 Å². The van der Waals surface area contributed by atoms with Crippen LogP contribution in [0.4, 0.5) is 0 Å². The van der Waals surface area contributed by atoms with Crippen molar-refractivity contribution >= 4 is 5.97 Å². The highest BCUT2D eigenvalue weighted by atomic mass is 16.5. The molecule has 0 fully saturated rings. The second kappa shape index (κ2) is 5.70. The number of hydrogen-bond donors (Lipinski definition) is 1. The molecule has 3 nitrogen and oxygen atoms in total. The average molecular weight is 252 g/mol. The molecule has 2 unspecified atom stereocenters. The van der Waals surface area contributed by atoms with Crippen molar-refractivity contribution < 1.29 is 14.6 Å². The van der Waals surface area contributed by atoms with Gasteiger partial charge in [0.25, 0.3) is 0 Å².